The number of aryl methyl sites for hydroxylation is 1. The first-order valence-electron chi connectivity index (χ1n) is 12.2. The van der Waals surface area contributed by atoms with E-state index in [0.717, 1.165) is 29.0 Å². The fourth-order valence-electron chi connectivity index (χ4n) is 5.07. The van der Waals surface area contributed by atoms with E-state index in [-0.39, 0.29) is 5.82 Å². The third kappa shape index (κ3) is 5.26. The van der Waals surface area contributed by atoms with Gasteiger partial charge in [-0.2, -0.15) is 0 Å². The maximum atomic E-state index is 15.0. The molecule has 1 aliphatic rings. The van der Waals surface area contributed by atoms with Crippen LogP contribution in [0, 0.1) is 11.7 Å². The molecule has 1 aliphatic carbocycles. The van der Waals surface area contributed by atoms with Gasteiger partial charge in [0.2, 0.25) is 0 Å². The first kappa shape index (κ1) is 21.8. The van der Waals surface area contributed by atoms with Crippen LogP contribution in [0.3, 0.4) is 0 Å². The number of benzene rings is 3. The zero-order valence-electron chi connectivity index (χ0n) is 19.0. The van der Waals surface area contributed by atoms with Crippen LogP contribution in [-0.4, -0.2) is 0 Å². The lowest BCUT2D eigenvalue weighted by Gasteiger charge is -2.29. The van der Waals surface area contributed by atoms with E-state index in [4.69, 9.17) is 0 Å². The van der Waals surface area contributed by atoms with Gasteiger partial charge in [0.05, 0.1) is 0 Å². The van der Waals surface area contributed by atoms with Gasteiger partial charge in [0.1, 0.15) is 5.82 Å². The summed E-state index contributed by atoms with van der Waals surface area (Å²) < 4.78 is 15.0. The molecule has 0 saturated heterocycles. The van der Waals surface area contributed by atoms with Gasteiger partial charge in [-0.3, -0.25) is 0 Å². The third-order valence-electron chi connectivity index (χ3n) is 7.17. The molecule has 0 nitrogen and oxygen atoms in total. The fourth-order valence-corrected chi connectivity index (χ4v) is 5.07. The largest absolute Gasteiger partial charge is 0.206 e. The van der Waals surface area contributed by atoms with Crippen molar-refractivity contribution in [3.8, 4) is 22.3 Å². The molecule has 1 fully saturated rings. The Balaban J connectivity index is 1.44. The molecule has 0 spiro atoms. The van der Waals surface area contributed by atoms with Gasteiger partial charge >= 0.3 is 0 Å². The van der Waals surface area contributed by atoms with Crippen LogP contribution in [0.15, 0.2) is 66.7 Å². The first-order chi connectivity index (χ1) is 15.2. The Kier molecular flexibility index (Phi) is 7.22. The van der Waals surface area contributed by atoms with Crippen LogP contribution in [-0.2, 0) is 6.42 Å². The minimum absolute atomic E-state index is 0.152. The van der Waals surface area contributed by atoms with Gasteiger partial charge in [0.15, 0.2) is 0 Å². The Morgan fingerprint density at radius 3 is 2.00 bits per heavy atom. The highest BCUT2D eigenvalue weighted by Crippen LogP contribution is 2.38. The molecule has 0 unspecified atom stereocenters. The summed E-state index contributed by atoms with van der Waals surface area (Å²) in [4.78, 5) is 0. The van der Waals surface area contributed by atoms with Crippen molar-refractivity contribution in [1.82, 2.24) is 0 Å². The first-order valence-corrected chi connectivity index (χ1v) is 12.2. The molecule has 3 aromatic carbocycles. The average molecular weight is 415 g/mol. The fraction of sp³-hybridized carbons (Fsp3) is 0.400. The zero-order valence-corrected chi connectivity index (χ0v) is 19.0. The van der Waals surface area contributed by atoms with Gasteiger partial charge in [0.25, 0.3) is 0 Å². The molecule has 0 amide bonds. The normalized spacial score (nSPS) is 18.8. The van der Waals surface area contributed by atoms with Crippen LogP contribution in [0.2, 0.25) is 0 Å². The minimum Gasteiger partial charge on any atom is -0.206 e. The summed E-state index contributed by atoms with van der Waals surface area (Å²) in [6.45, 7) is 4.43. The van der Waals surface area contributed by atoms with Gasteiger partial charge in [-0.15, -0.1) is 0 Å². The van der Waals surface area contributed by atoms with E-state index >= 15 is 0 Å². The van der Waals surface area contributed by atoms with Crippen molar-refractivity contribution in [1.29, 1.82) is 0 Å². The quantitative estimate of drug-likeness (QED) is 0.361. The van der Waals surface area contributed by atoms with E-state index in [1.54, 1.807) is 6.07 Å². The number of halogens is 1. The molecule has 0 bridgehead atoms. The van der Waals surface area contributed by atoms with E-state index in [9.17, 15) is 4.39 Å². The smallest absolute Gasteiger partial charge is 0.131 e. The lowest BCUT2D eigenvalue weighted by molar-refractivity contribution is 0.304. The highest BCUT2D eigenvalue weighted by atomic mass is 19.1. The predicted molar refractivity (Wildman–Crippen MR) is 131 cm³/mol. The van der Waals surface area contributed by atoms with E-state index in [2.05, 4.69) is 62.4 Å². The zero-order chi connectivity index (χ0) is 21.6. The van der Waals surface area contributed by atoms with E-state index in [0.29, 0.717) is 11.5 Å². The second kappa shape index (κ2) is 10.3. The molecule has 0 heterocycles. The van der Waals surface area contributed by atoms with Gasteiger partial charge in [-0.05, 0) is 77.8 Å². The van der Waals surface area contributed by atoms with Crippen molar-refractivity contribution in [2.45, 2.75) is 71.1 Å². The predicted octanol–water partition coefficient (Wildman–Crippen LogP) is 9.19. The molecule has 3 aromatic rings. The molecule has 0 aromatic heterocycles. The van der Waals surface area contributed by atoms with Crippen molar-refractivity contribution in [3.05, 3.63) is 83.7 Å². The lowest BCUT2D eigenvalue weighted by Crippen LogP contribution is -2.13. The summed E-state index contributed by atoms with van der Waals surface area (Å²) in [5.74, 6) is 1.45. The van der Waals surface area contributed by atoms with Crippen molar-refractivity contribution in [3.63, 3.8) is 0 Å². The third-order valence-corrected chi connectivity index (χ3v) is 7.17. The average Bonchev–Trinajstić information content (AvgIpc) is 2.83. The second-order valence-corrected chi connectivity index (χ2v) is 9.23. The molecule has 31 heavy (non-hydrogen) atoms. The summed E-state index contributed by atoms with van der Waals surface area (Å²) in [5.41, 5.74) is 6.36. The van der Waals surface area contributed by atoms with E-state index in [1.165, 1.54) is 56.1 Å². The Morgan fingerprint density at radius 1 is 0.742 bits per heavy atom. The highest BCUT2D eigenvalue weighted by molar-refractivity contribution is 5.71. The summed E-state index contributed by atoms with van der Waals surface area (Å²) in [6.07, 6.45) is 10.4. The van der Waals surface area contributed by atoms with Crippen LogP contribution in [0.4, 0.5) is 4.39 Å². The topological polar surface area (TPSA) is 0 Å². The molecular formula is C30H35F. The Bertz CT molecular complexity index is 960. The summed E-state index contributed by atoms with van der Waals surface area (Å²) >= 11 is 0. The Hall–Kier alpha value is -2.41. The van der Waals surface area contributed by atoms with Crippen LogP contribution < -0.4 is 0 Å². The summed E-state index contributed by atoms with van der Waals surface area (Å²) in [5, 5.41) is 0. The monoisotopic (exact) mass is 414 g/mol. The molecular weight excluding hydrogens is 379 g/mol. The van der Waals surface area contributed by atoms with Crippen molar-refractivity contribution < 1.29 is 4.39 Å². The van der Waals surface area contributed by atoms with Crippen LogP contribution >= 0.6 is 0 Å². The Labute approximate surface area is 187 Å². The van der Waals surface area contributed by atoms with Crippen molar-refractivity contribution in [2.24, 2.45) is 5.92 Å². The number of hydrogen-bond donors (Lipinski definition) is 0. The number of rotatable bonds is 7. The molecule has 1 heteroatoms. The van der Waals surface area contributed by atoms with Gasteiger partial charge < -0.3 is 0 Å². The van der Waals surface area contributed by atoms with Gasteiger partial charge in [-0.25, -0.2) is 4.39 Å². The van der Waals surface area contributed by atoms with Crippen molar-refractivity contribution >= 4 is 0 Å². The number of hydrogen-bond acceptors (Lipinski definition) is 0. The van der Waals surface area contributed by atoms with Crippen LogP contribution in [0.5, 0.6) is 0 Å². The molecule has 4 rings (SSSR count). The van der Waals surface area contributed by atoms with Crippen LogP contribution in [0.1, 0.15) is 75.8 Å². The van der Waals surface area contributed by atoms with E-state index < -0.39 is 0 Å². The minimum atomic E-state index is -0.152. The summed E-state index contributed by atoms with van der Waals surface area (Å²) in [7, 11) is 0. The Morgan fingerprint density at radius 2 is 1.39 bits per heavy atom. The van der Waals surface area contributed by atoms with Gasteiger partial charge in [-0.1, -0.05) is 93.8 Å². The molecule has 0 radical (unpaired) electrons. The molecule has 0 N–H and O–H groups in total. The highest BCUT2D eigenvalue weighted by Gasteiger charge is 2.22. The maximum absolute atomic E-state index is 15.0. The van der Waals surface area contributed by atoms with Gasteiger partial charge in [0, 0.05) is 5.56 Å². The molecule has 1 saturated carbocycles. The standard InChI is InChI=1S/C30H35F/c1-3-5-6-23-9-13-24(14-10-23)25-15-17-27(18-16-25)29-20-19-28(21-30(29)31)26-11-7-22(4-2)8-12-26/h7-8,11-12,15-21,23-24H,3-6,9-10,13-14H2,1-2H3. The summed E-state index contributed by atoms with van der Waals surface area (Å²) in [6, 6.07) is 22.7. The van der Waals surface area contributed by atoms with Crippen LogP contribution in [0.25, 0.3) is 22.3 Å². The SMILES string of the molecule is CCCCC1CCC(c2ccc(-c3ccc(-c4ccc(CC)cc4)cc3F)cc2)CC1. The number of unbranched alkanes of at least 4 members (excludes halogenated alkanes) is 1. The second-order valence-electron chi connectivity index (χ2n) is 9.23. The molecule has 0 aliphatic heterocycles. The lowest BCUT2D eigenvalue weighted by atomic mass is 9.77. The molecule has 162 valence electrons. The maximum Gasteiger partial charge on any atom is 0.131 e. The van der Waals surface area contributed by atoms with Crippen molar-refractivity contribution in [2.75, 3.05) is 0 Å². The molecule has 0 atom stereocenters. The van der Waals surface area contributed by atoms with E-state index in [1.807, 2.05) is 12.1 Å².